The number of rotatable bonds is 7. The van der Waals surface area contributed by atoms with Crippen molar-refractivity contribution in [1.29, 1.82) is 0 Å². The molecule has 0 aliphatic heterocycles. The number of esters is 1. The lowest BCUT2D eigenvalue weighted by molar-refractivity contribution is -0.145. The lowest BCUT2D eigenvalue weighted by Gasteiger charge is -2.10. The number of amides is 1. The minimum absolute atomic E-state index is 0.0689. The van der Waals surface area contributed by atoms with Crippen molar-refractivity contribution in [2.45, 2.75) is 6.92 Å². The number of nitrogens with zero attached hydrogens (tertiary/aromatic N) is 2. The zero-order valence-electron chi connectivity index (χ0n) is 14.0. The van der Waals surface area contributed by atoms with Gasteiger partial charge >= 0.3 is 5.97 Å². The van der Waals surface area contributed by atoms with Crippen molar-refractivity contribution in [2.75, 3.05) is 13.2 Å². The number of aromatic nitrogens is 1. The molecule has 142 valence electrons. The first kappa shape index (κ1) is 21.0. The third-order valence-electron chi connectivity index (χ3n) is 3.04. The van der Waals surface area contributed by atoms with Crippen molar-refractivity contribution in [3.63, 3.8) is 0 Å². The van der Waals surface area contributed by atoms with E-state index < -0.39 is 11.9 Å². The molecule has 1 heterocycles. The van der Waals surface area contributed by atoms with Crippen molar-refractivity contribution >= 4 is 52.9 Å². The first-order valence-corrected chi connectivity index (χ1v) is 8.77. The molecule has 1 aromatic heterocycles. The summed E-state index contributed by atoms with van der Waals surface area (Å²) in [4.78, 5) is 27.1. The molecular formula is C17H14Cl3N3O4. The van der Waals surface area contributed by atoms with E-state index in [1.165, 1.54) is 30.6 Å². The van der Waals surface area contributed by atoms with E-state index in [2.05, 4.69) is 15.5 Å². The summed E-state index contributed by atoms with van der Waals surface area (Å²) in [5.41, 5.74) is 3.02. The fourth-order valence-electron chi connectivity index (χ4n) is 1.91. The van der Waals surface area contributed by atoms with Crippen LogP contribution in [0, 0.1) is 0 Å². The SMILES string of the molecule is CCOC(=O)COc1c(Cl)cc(C=NNC(=O)c2cccnc2Cl)cc1Cl. The maximum absolute atomic E-state index is 12.0. The third kappa shape index (κ3) is 6.09. The van der Waals surface area contributed by atoms with Crippen LogP contribution in [0.4, 0.5) is 0 Å². The van der Waals surface area contributed by atoms with Crippen molar-refractivity contribution in [3.05, 3.63) is 56.8 Å². The van der Waals surface area contributed by atoms with E-state index in [0.717, 1.165) is 0 Å². The summed E-state index contributed by atoms with van der Waals surface area (Å²) in [7, 11) is 0. The molecule has 2 aromatic rings. The molecule has 1 amide bonds. The summed E-state index contributed by atoms with van der Waals surface area (Å²) in [6, 6.07) is 6.13. The first-order valence-electron chi connectivity index (χ1n) is 7.63. The Morgan fingerprint density at radius 3 is 2.59 bits per heavy atom. The smallest absolute Gasteiger partial charge is 0.344 e. The average Bonchev–Trinajstić information content (AvgIpc) is 2.61. The van der Waals surface area contributed by atoms with Crippen molar-refractivity contribution < 1.29 is 19.1 Å². The van der Waals surface area contributed by atoms with Crippen LogP contribution in [0.1, 0.15) is 22.8 Å². The lowest BCUT2D eigenvalue weighted by Crippen LogP contribution is -2.18. The number of ether oxygens (including phenoxy) is 2. The van der Waals surface area contributed by atoms with Crippen LogP contribution in [0.2, 0.25) is 15.2 Å². The van der Waals surface area contributed by atoms with E-state index in [0.29, 0.717) is 5.56 Å². The van der Waals surface area contributed by atoms with Crippen LogP contribution < -0.4 is 10.2 Å². The molecule has 0 radical (unpaired) electrons. The second kappa shape index (κ2) is 10.1. The molecule has 0 saturated carbocycles. The molecule has 0 bridgehead atoms. The minimum atomic E-state index is -0.535. The fraction of sp³-hybridized carbons (Fsp3) is 0.176. The van der Waals surface area contributed by atoms with Gasteiger partial charge < -0.3 is 9.47 Å². The van der Waals surface area contributed by atoms with Gasteiger partial charge in [-0.1, -0.05) is 34.8 Å². The Bertz CT molecular complexity index is 851. The van der Waals surface area contributed by atoms with Crippen molar-refractivity contribution in [1.82, 2.24) is 10.4 Å². The van der Waals surface area contributed by atoms with Crippen LogP contribution in [-0.2, 0) is 9.53 Å². The van der Waals surface area contributed by atoms with Crippen molar-refractivity contribution in [3.8, 4) is 5.75 Å². The Morgan fingerprint density at radius 2 is 1.96 bits per heavy atom. The molecule has 0 unspecified atom stereocenters. The third-order valence-corrected chi connectivity index (χ3v) is 3.91. The predicted molar refractivity (Wildman–Crippen MR) is 103 cm³/mol. The Morgan fingerprint density at radius 1 is 1.26 bits per heavy atom. The van der Waals surface area contributed by atoms with Crippen LogP contribution in [0.25, 0.3) is 0 Å². The lowest BCUT2D eigenvalue weighted by atomic mass is 10.2. The molecule has 27 heavy (non-hydrogen) atoms. The number of hydrazone groups is 1. The Labute approximate surface area is 170 Å². The molecule has 0 atom stereocenters. The summed E-state index contributed by atoms with van der Waals surface area (Å²) in [6.07, 6.45) is 2.81. The molecular weight excluding hydrogens is 417 g/mol. The number of carbonyl (C=O) groups excluding carboxylic acids is 2. The minimum Gasteiger partial charge on any atom is -0.479 e. The van der Waals surface area contributed by atoms with E-state index in [-0.39, 0.29) is 39.7 Å². The molecule has 7 nitrogen and oxygen atoms in total. The number of benzene rings is 1. The maximum Gasteiger partial charge on any atom is 0.344 e. The van der Waals surface area contributed by atoms with E-state index in [4.69, 9.17) is 44.3 Å². The molecule has 2 rings (SSSR count). The molecule has 1 N–H and O–H groups in total. The summed E-state index contributed by atoms with van der Waals surface area (Å²) in [5, 5.41) is 4.25. The predicted octanol–water partition coefficient (Wildman–Crippen LogP) is 3.75. The molecule has 0 saturated heterocycles. The molecule has 0 aliphatic rings. The second-order valence-electron chi connectivity index (χ2n) is 4.95. The van der Waals surface area contributed by atoms with E-state index in [1.54, 1.807) is 13.0 Å². The number of halogens is 3. The molecule has 0 aliphatic carbocycles. The van der Waals surface area contributed by atoms with Gasteiger partial charge in [0.15, 0.2) is 12.4 Å². The summed E-state index contributed by atoms with van der Waals surface area (Å²) < 4.78 is 10.0. The van der Waals surface area contributed by atoms with Crippen LogP contribution in [0.3, 0.4) is 0 Å². The number of pyridine rings is 1. The number of carbonyl (C=O) groups is 2. The molecule has 10 heteroatoms. The van der Waals surface area contributed by atoms with Crippen LogP contribution >= 0.6 is 34.8 Å². The van der Waals surface area contributed by atoms with Gasteiger partial charge in [0, 0.05) is 6.20 Å². The zero-order valence-corrected chi connectivity index (χ0v) is 16.3. The van der Waals surface area contributed by atoms with Gasteiger partial charge in [0.25, 0.3) is 5.91 Å². The number of hydrogen-bond donors (Lipinski definition) is 1. The highest BCUT2D eigenvalue weighted by Gasteiger charge is 2.12. The highest BCUT2D eigenvalue weighted by Crippen LogP contribution is 2.33. The number of hydrogen-bond acceptors (Lipinski definition) is 6. The zero-order chi connectivity index (χ0) is 19.8. The molecule has 0 fully saturated rings. The van der Waals surface area contributed by atoms with Crippen LogP contribution in [-0.4, -0.2) is 36.3 Å². The summed E-state index contributed by atoms with van der Waals surface area (Å²) in [5.74, 6) is -0.905. The highest BCUT2D eigenvalue weighted by molar-refractivity contribution is 6.37. The van der Waals surface area contributed by atoms with E-state index in [1.807, 2.05) is 0 Å². The maximum atomic E-state index is 12.0. The second-order valence-corrected chi connectivity index (χ2v) is 6.12. The van der Waals surface area contributed by atoms with Gasteiger partial charge in [-0.15, -0.1) is 0 Å². The van der Waals surface area contributed by atoms with Gasteiger partial charge in [-0.3, -0.25) is 4.79 Å². The highest BCUT2D eigenvalue weighted by atomic mass is 35.5. The standard InChI is InChI=1S/C17H14Cl3N3O4/c1-2-26-14(24)9-27-15-12(18)6-10(7-13(15)19)8-22-23-17(25)11-4-3-5-21-16(11)20/h3-8H,2,9H2,1H3,(H,23,25). The normalized spacial score (nSPS) is 10.7. The largest absolute Gasteiger partial charge is 0.479 e. The summed E-state index contributed by atoms with van der Waals surface area (Å²) in [6.45, 7) is 1.62. The molecule has 0 spiro atoms. The summed E-state index contributed by atoms with van der Waals surface area (Å²) >= 11 is 18.1. The average molecular weight is 431 g/mol. The van der Waals surface area contributed by atoms with Gasteiger partial charge in [-0.05, 0) is 36.8 Å². The van der Waals surface area contributed by atoms with Gasteiger partial charge in [0.2, 0.25) is 0 Å². The fourth-order valence-corrected chi connectivity index (χ4v) is 2.72. The van der Waals surface area contributed by atoms with Gasteiger partial charge in [0.05, 0.1) is 28.4 Å². The first-order chi connectivity index (χ1) is 12.9. The topological polar surface area (TPSA) is 89.9 Å². The van der Waals surface area contributed by atoms with E-state index in [9.17, 15) is 9.59 Å². The number of nitrogens with one attached hydrogen (secondary N) is 1. The van der Waals surface area contributed by atoms with Crippen molar-refractivity contribution in [2.24, 2.45) is 5.10 Å². The van der Waals surface area contributed by atoms with Gasteiger partial charge in [-0.2, -0.15) is 5.10 Å². The monoisotopic (exact) mass is 429 g/mol. The quantitative estimate of drug-likeness (QED) is 0.313. The van der Waals surface area contributed by atoms with Gasteiger partial charge in [0.1, 0.15) is 5.15 Å². The van der Waals surface area contributed by atoms with Crippen LogP contribution in [0.15, 0.2) is 35.6 Å². The Kier molecular flexibility index (Phi) is 7.84. The van der Waals surface area contributed by atoms with E-state index >= 15 is 0 Å². The Hall–Kier alpha value is -2.35. The molecule has 1 aromatic carbocycles. The Balaban J connectivity index is 2.03. The van der Waals surface area contributed by atoms with Gasteiger partial charge in [-0.25, -0.2) is 15.2 Å². The van der Waals surface area contributed by atoms with Crippen LogP contribution in [0.5, 0.6) is 5.75 Å².